The predicted octanol–water partition coefficient (Wildman–Crippen LogP) is 3.85. The van der Waals surface area contributed by atoms with Gasteiger partial charge < -0.3 is 10.3 Å². The zero-order chi connectivity index (χ0) is 12.4. The molecule has 0 radical (unpaired) electrons. The van der Waals surface area contributed by atoms with Gasteiger partial charge in [0.2, 0.25) is 0 Å². The van der Waals surface area contributed by atoms with E-state index in [1.165, 1.54) is 34.1 Å². The molecule has 2 heteroatoms. The fraction of sp³-hybridized carbons (Fsp3) is 0.467. The Hall–Kier alpha value is -1.28. The normalized spacial score (nSPS) is 13.2. The summed E-state index contributed by atoms with van der Waals surface area (Å²) in [6.45, 7) is 9.82. The molecule has 0 aliphatic rings. The van der Waals surface area contributed by atoms with Gasteiger partial charge in [-0.3, -0.25) is 0 Å². The lowest BCUT2D eigenvalue weighted by atomic mass is 10.0. The Morgan fingerprint density at radius 1 is 1.29 bits per heavy atom. The number of H-pyrrole nitrogens is 1. The van der Waals surface area contributed by atoms with Gasteiger partial charge in [0.05, 0.1) is 0 Å². The molecule has 0 amide bonds. The van der Waals surface area contributed by atoms with E-state index >= 15 is 0 Å². The molecule has 1 atom stereocenters. The summed E-state index contributed by atoms with van der Waals surface area (Å²) in [7, 11) is 0. The first-order valence-electron chi connectivity index (χ1n) is 6.45. The summed E-state index contributed by atoms with van der Waals surface area (Å²) in [5.74, 6) is 0. The minimum Gasteiger partial charge on any atom is -0.358 e. The van der Waals surface area contributed by atoms with E-state index in [0.717, 1.165) is 6.54 Å². The zero-order valence-corrected chi connectivity index (χ0v) is 11.2. The summed E-state index contributed by atoms with van der Waals surface area (Å²) in [4.78, 5) is 3.47. The lowest BCUT2D eigenvalue weighted by Gasteiger charge is -2.14. The van der Waals surface area contributed by atoms with Crippen molar-refractivity contribution in [3.8, 4) is 0 Å². The summed E-state index contributed by atoms with van der Waals surface area (Å²) in [6, 6.07) is 7.02. The molecule has 0 fully saturated rings. The third-order valence-electron chi connectivity index (χ3n) is 3.32. The molecule has 1 unspecified atom stereocenters. The van der Waals surface area contributed by atoms with Crippen LogP contribution in [0.5, 0.6) is 0 Å². The highest BCUT2D eigenvalue weighted by atomic mass is 14.9. The molecule has 0 aliphatic carbocycles. The molecule has 1 aromatic carbocycles. The highest BCUT2D eigenvalue weighted by molar-refractivity contribution is 5.85. The molecule has 0 saturated heterocycles. The van der Waals surface area contributed by atoms with Crippen LogP contribution < -0.4 is 5.32 Å². The summed E-state index contributed by atoms with van der Waals surface area (Å²) in [5, 5.41) is 4.93. The summed E-state index contributed by atoms with van der Waals surface area (Å²) in [6.07, 6.45) is 1.17. The van der Waals surface area contributed by atoms with E-state index in [4.69, 9.17) is 0 Å². The molecule has 1 heterocycles. The lowest BCUT2D eigenvalue weighted by Crippen LogP contribution is -2.19. The van der Waals surface area contributed by atoms with E-state index in [1.54, 1.807) is 0 Å². The van der Waals surface area contributed by atoms with Crippen molar-refractivity contribution < 1.29 is 0 Å². The Bertz CT molecular complexity index is 511. The predicted molar refractivity (Wildman–Crippen MR) is 74.5 cm³/mol. The van der Waals surface area contributed by atoms with Crippen molar-refractivity contribution in [1.82, 2.24) is 10.3 Å². The Kier molecular flexibility index (Phi) is 3.53. The number of aryl methyl sites for hydroxylation is 2. The first-order valence-corrected chi connectivity index (χ1v) is 6.45. The number of benzene rings is 1. The second-order valence-electron chi connectivity index (χ2n) is 4.89. The standard InChI is InChI=1S/C15H22N2/c1-5-8-16-11(3)15-12(4)17-14-7-6-10(2)9-13(14)15/h6-7,9,11,16-17H,5,8H2,1-4H3. The molecule has 0 bridgehead atoms. The van der Waals surface area contributed by atoms with E-state index in [0.29, 0.717) is 6.04 Å². The monoisotopic (exact) mass is 230 g/mol. The second-order valence-corrected chi connectivity index (χ2v) is 4.89. The average Bonchev–Trinajstić information content (AvgIpc) is 2.61. The van der Waals surface area contributed by atoms with Crippen LogP contribution in [-0.4, -0.2) is 11.5 Å². The van der Waals surface area contributed by atoms with Crippen molar-refractivity contribution in [2.75, 3.05) is 6.54 Å². The molecule has 2 N–H and O–H groups in total. The molecule has 2 nitrogen and oxygen atoms in total. The van der Waals surface area contributed by atoms with E-state index in [-0.39, 0.29) is 0 Å². The first kappa shape index (κ1) is 12.2. The molecule has 1 aromatic heterocycles. The maximum atomic E-state index is 3.57. The minimum absolute atomic E-state index is 0.408. The summed E-state index contributed by atoms with van der Waals surface area (Å²) >= 11 is 0. The molecule has 17 heavy (non-hydrogen) atoms. The SMILES string of the molecule is CCCNC(C)c1c(C)[nH]c2ccc(C)cc12. The lowest BCUT2D eigenvalue weighted by molar-refractivity contribution is 0.571. The third kappa shape index (κ3) is 2.37. The molecular weight excluding hydrogens is 208 g/mol. The third-order valence-corrected chi connectivity index (χ3v) is 3.32. The van der Waals surface area contributed by atoms with Gasteiger partial charge >= 0.3 is 0 Å². The molecule has 0 saturated carbocycles. The first-order chi connectivity index (χ1) is 8.13. The minimum atomic E-state index is 0.408. The molecule has 2 aromatic rings. The number of aromatic amines is 1. The van der Waals surface area contributed by atoms with Crippen molar-refractivity contribution in [3.63, 3.8) is 0 Å². The van der Waals surface area contributed by atoms with Crippen LogP contribution in [0.15, 0.2) is 18.2 Å². The van der Waals surface area contributed by atoms with E-state index in [9.17, 15) is 0 Å². The van der Waals surface area contributed by atoms with Gasteiger partial charge in [-0.1, -0.05) is 18.6 Å². The Morgan fingerprint density at radius 2 is 2.06 bits per heavy atom. The van der Waals surface area contributed by atoms with Crippen LogP contribution in [-0.2, 0) is 0 Å². The van der Waals surface area contributed by atoms with Gasteiger partial charge in [0, 0.05) is 22.6 Å². The van der Waals surface area contributed by atoms with Crippen LogP contribution in [0.4, 0.5) is 0 Å². The van der Waals surface area contributed by atoms with Crippen molar-refractivity contribution in [3.05, 3.63) is 35.0 Å². The Balaban J connectivity index is 2.44. The van der Waals surface area contributed by atoms with Crippen LogP contribution in [0.25, 0.3) is 10.9 Å². The van der Waals surface area contributed by atoms with E-state index in [1.807, 2.05) is 0 Å². The molecule has 0 spiro atoms. The largest absolute Gasteiger partial charge is 0.358 e. The van der Waals surface area contributed by atoms with Gasteiger partial charge in [0.1, 0.15) is 0 Å². The van der Waals surface area contributed by atoms with Crippen molar-refractivity contribution in [1.29, 1.82) is 0 Å². The number of hydrogen-bond acceptors (Lipinski definition) is 1. The number of aromatic nitrogens is 1. The maximum Gasteiger partial charge on any atom is 0.0459 e. The average molecular weight is 230 g/mol. The van der Waals surface area contributed by atoms with Crippen LogP contribution in [0.3, 0.4) is 0 Å². The van der Waals surface area contributed by atoms with Gasteiger partial charge in [-0.25, -0.2) is 0 Å². The number of fused-ring (bicyclic) bond motifs is 1. The van der Waals surface area contributed by atoms with Gasteiger partial charge in [0.25, 0.3) is 0 Å². The molecular formula is C15H22N2. The molecule has 2 rings (SSSR count). The number of rotatable bonds is 4. The number of hydrogen-bond donors (Lipinski definition) is 2. The van der Waals surface area contributed by atoms with Crippen LogP contribution >= 0.6 is 0 Å². The van der Waals surface area contributed by atoms with Gasteiger partial charge in [-0.15, -0.1) is 0 Å². The van der Waals surface area contributed by atoms with Crippen molar-refractivity contribution >= 4 is 10.9 Å². The smallest absolute Gasteiger partial charge is 0.0459 e. The highest BCUT2D eigenvalue weighted by Gasteiger charge is 2.14. The van der Waals surface area contributed by atoms with E-state index in [2.05, 4.69) is 56.2 Å². The van der Waals surface area contributed by atoms with Crippen LogP contribution in [0.2, 0.25) is 0 Å². The summed E-state index contributed by atoms with van der Waals surface area (Å²) < 4.78 is 0. The fourth-order valence-corrected chi connectivity index (χ4v) is 2.48. The Morgan fingerprint density at radius 3 is 2.76 bits per heavy atom. The summed E-state index contributed by atoms with van der Waals surface area (Å²) in [5.41, 5.74) is 5.26. The van der Waals surface area contributed by atoms with Crippen LogP contribution in [0, 0.1) is 13.8 Å². The van der Waals surface area contributed by atoms with Crippen molar-refractivity contribution in [2.45, 2.75) is 40.2 Å². The van der Waals surface area contributed by atoms with Gasteiger partial charge in [0.15, 0.2) is 0 Å². The Labute approximate surface area is 103 Å². The maximum absolute atomic E-state index is 3.57. The fourth-order valence-electron chi connectivity index (χ4n) is 2.48. The zero-order valence-electron chi connectivity index (χ0n) is 11.2. The highest BCUT2D eigenvalue weighted by Crippen LogP contribution is 2.28. The van der Waals surface area contributed by atoms with Crippen LogP contribution in [0.1, 0.15) is 43.1 Å². The van der Waals surface area contributed by atoms with Crippen molar-refractivity contribution in [2.24, 2.45) is 0 Å². The molecule has 0 aliphatic heterocycles. The van der Waals surface area contributed by atoms with Gasteiger partial charge in [-0.05, 0) is 51.4 Å². The van der Waals surface area contributed by atoms with E-state index < -0.39 is 0 Å². The quantitative estimate of drug-likeness (QED) is 0.820. The topological polar surface area (TPSA) is 27.8 Å². The van der Waals surface area contributed by atoms with Gasteiger partial charge in [-0.2, -0.15) is 0 Å². The number of nitrogens with one attached hydrogen (secondary N) is 2. The second kappa shape index (κ2) is 4.92. The molecule has 92 valence electrons.